The van der Waals surface area contributed by atoms with Crippen molar-refractivity contribution >= 4 is 21.6 Å². The van der Waals surface area contributed by atoms with Gasteiger partial charge in [0.15, 0.2) is 0 Å². The number of sulfonamides is 1. The first-order valence-corrected chi connectivity index (χ1v) is 8.77. The predicted molar refractivity (Wildman–Crippen MR) is 85.7 cm³/mol. The average molecular weight is 334 g/mol. The van der Waals surface area contributed by atoms with E-state index in [-0.39, 0.29) is 16.8 Å². The highest BCUT2D eigenvalue weighted by Crippen LogP contribution is 2.23. The van der Waals surface area contributed by atoms with E-state index in [1.807, 2.05) is 0 Å². The van der Waals surface area contributed by atoms with Crippen LogP contribution in [0.5, 0.6) is 0 Å². The fraction of sp³-hybridized carbons (Fsp3) is 0.333. The van der Waals surface area contributed by atoms with Crippen LogP contribution < -0.4 is 10.0 Å². The van der Waals surface area contributed by atoms with Crippen molar-refractivity contribution in [2.45, 2.75) is 30.7 Å². The van der Waals surface area contributed by atoms with Crippen LogP contribution in [0.2, 0.25) is 0 Å². The molecule has 2 N–H and O–H groups in total. The molecule has 0 aliphatic heterocycles. The van der Waals surface area contributed by atoms with Gasteiger partial charge in [-0.1, -0.05) is 6.07 Å². The number of aryl methyl sites for hydroxylation is 1. The number of nitrogens with zero attached hydrogens (tertiary/aromatic N) is 2. The van der Waals surface area contributed by atoms with E-state index in [0.717, 1.165) is 18.5 Å². The fourth-order valence-electron chi connectivity index (χ4n) is 2.15. The van der Waals surface area contributed by atoms with E-state index in [1.54, 1.807) is 30.8 Å². The molecule has 2 aromatic rings. The van der Waals surface area contributed by atoms with Crippen LogP contribution in [0.1, 0.15) is 28.9 Å². The molecule has 1 amide bonds. The summed E-state index contributed by atoms with van der Waals surface area (Å²) in [5.74, 6) is -0.319. The molecule has 0 saturated heterocycles. The number of carbonyl (C=O) groups is 1. The second kappa shape index (κ2) is 5.78. The molecular formula is C15H18N4O3S. The number of nitrogens with one attached hydrogen (secondary N) is 2. The van der Waals surface area contributed by atoms with Gasteiger partial charge < -0.3 is 5.32 Å². The summed E-state index contributed by atoms with van der Waals surface area (Å²) >= 11 is 0. The SMILES string of the molecule is Cc1c(C(=O)Nc2cccc(S(=O)(=O)NC3CC3)c2)cnn1C. The van der Waals surface area contributed by atoms with E-state index >= 15 is 0 Å². The Hall–Kier alpha value is -2.19. The largest absolute Gasteiger partial charge is 0.322 e. The lowest BCUT2D eigenvalue weighted by Crippen LogP contribution is -2.25. The van der Waals surface area contributed by atoms with E-state index in [1.165, 1.54) is 18.3 Å². The molecule has 0 atom stereocenters. The summed E-state index contributed by atoms with van der Waals surface area (Å²) in [6.45, 7) is 1.79. The van der Waals surface area contributed by atoms with Crippen molar-refractivity contribution < 1.29 is 13.2 Å². The van der Waals surface area contributed by atoms with Crippen LogP contribution in [0.3, 0.4) is 0 Å². The van der Waals surface area contributed by atoms with Gasteiger partial charge in [-0.15, -0.1) is 0 Å². The Morgan fingerprint density at radius 1 is 1.35 bits per heavy atom. The van der Waals surface area contributed by atoms with Crippen LogP contribution in [0.4, 0.5) is 5.69 Å². The van der Waals surface area contributed by atoms with Gasteiger partial charge in [0.25, 0.3) is 5.91 Å². The van der Waals surface area contributed by atoms with Gasteiger partial charge in [-0.3, -0.25) is 9.48 Å². The molecule has 0 spiro atoms. The second-order valence-electron chi connectivity index (χ2n) is 5.64. The molecule has 0 bridgehead atoms. The van der Waals surface area contributed by atoms with Crippen molar-refractivity contribution in [3.05, 3.63) is 41.7 Å². The average Bonchev–Trinajstić information content (AvgIpc) is 3.24. The number of rotatable bonds is 5. The molecule has 1 aromatic carbocycles. The number of hydrogen-bond donors (Lipinski definition) is 2. The maximum absolute atomic E-state index is 12.3. The Morgan fingerprint density at radius 2 is 2.09 bits per heavy atom. The van der Waals surface area contributed by atoms with Gasteiger partial charge in [0.2, 0.25) is 10.0 Å². The molecule has 7 nitrogen and oxygen atoms in total. The Bertz CT molecular complexity index is 853. The van der Waals surface area contributed by atoms with Crippen LogP contribution in [-0.2, 0) is 17.1 Å². The smallest absolute Gasteiger partial charge is 0.259 e. The first-order valence-electron chi connectivity index (χ1n) is 7.29. The highest BCUT2D eigenvalue weighted by Gasteiger charge is 2.28. The molecule has 1 fully saturated rings. The lowest BCUT2D eigenvalue weighted by atomic mass is 10.2. The van der Waals surface area contributed by atoms with Gasteiger partial charge in [0.1, 0.15) is 0 Å². The molecule has 1 aliphatic carbocycles. The molecule has 0 unspecified atom stereocenters. The lowest BCUT2D eigenvalue weighted by molar-refractivity contribution is 0.102. The predicted octanol–water partition coefficient (Wildman–Crippen LogP) is 1.42. The first-order chi connectivity index (χ1) is 10.9. The van der Waals surface area contributed by atoms with E-state index < -0.39 is 10.0 Å². The summed E-state index contributed by atoms with van der Waals surface area (Å²) in [4.78, 5) is 12.4. The van der Waals surface area contributed by atoms with Crippen LogP contribution in [-0.4, -0.2) is 30.1 Å². The fourth-order valence-corrected chi connectivity index (χ4v) is 3.50. The standard InChI is InChI=1S/C15H18N4O3S/c1-10-14(9-16-19(10)2)15(20)17-12-4-3-5-13(8-12)23(21,22)18-11-6-7-11/h3-5,8-9,11,18H,6-7H2,1-2H3,(H,17,20). The van der Waals surface area contributed by atoms with Gasteiger partial charge in [-0.25, -0.2) is 13.1 Å². The monoisotopic (exact) mass is 334 g/mol. The number of anilines is 1. The zero-order chi connectivity index (χ0) is 16.6. The van der Waals surface area contributed by atoms with Gasteiger partial charge in [-0.05, 0) is 38.0 Å². The molecule has 1 aliphatic rings. The highest BCUT2D eigenvalue weighted by molar-refractivity contribution is 7.89. The highest BCUT2D eigenvalue weighted by atomic mass is 32.2. The number of aromatic nitrogens is 2. The van der Waals surface area contributed by atoms with E-state index in [9.17, 15) is 13.2 Å². The van der Waals surface area contributed by atoms with Crippen molar-refractivity contribution in [1.82, 2.24) is 14.5 Å². The van der Waals surface area contributed by atoms with Crippen molar-refractivity contribution in [2.75, 3.05) is 5.32 Å². The number of amides is 1. The molecule has 1 heterocycles. The van der Waals surface area contributed by atoms with Gasteiger partial charge in [0, 0.05) is 24.5 Å². The maximum Gasteiger partial charge on any atom is 0.259 e. The van der Waals surface area contributed by atoms with Crippen LogP contribution in [0.15, 0.2) is 35.4 Å². The van der Waals surface area contributed by atoms with Crippen LogP contribution in [0, 0.1) is 6.92 Å². The summed E-state index contributed by atoms with van der Waals surface area (Å²) in [5, 5.41) is 6.73. The van der Waals surface area contributed by atoms with Gasteiger partial charge >= 0.3 is 0 Å². The van der Waals surface area contributed by atoms with Crippen molar-refractivity contribution in [3.8, 4) is 0 Å². The van der Waals surface area contributed by atoms with E-state index in [0.29, 0.717) is 11.3 Å². The zero-order valence-corrected chi connectivity index (χ0v) is 13.7. The molecule has 0 radical (unpaired) electrons. The second-order valence-corrected chi connectivity index (χ2v) is 7.36. The van der Waals surface area contributed by atoms with Crippen molar-refractivity contribution in [1.29, 1.82) is 0 Å². The molecule has 23 heavy (non-hydrogen) atoms. The number of hydrogen-bond acceptors (Lipinski definition) is 4. The minimum absolute atomic E-state index is 0.0382. The summed E-state index contributed by atoms with van der Waals surface area (Å²) in [6.07, 6.45) is 3.23. The quantitative estimate of drug-likeness (QED) is 0.865. The Morgan fingerprint density at radius 3 is 2.70 bits per heavy atom. The summed E-state index contributed by atoms with van der Waals surface area (Å²) < 4.78 is 28.6. The van der Waals surface area contributed by atoms with Crippen LogP contribution >= 0.6 is 0 Å². The molecule has 1 aromatic heterocycles. The molecule has 8 heteroatoms. The van der Waals surface area contributed by atoms with Gasteiger partial charge in [0.05, 0.1) is 16.7 Å². The Balaban J connectivity index is 1.80. The van der Waals surface area contributed by atoms with Crippen LogP contribution in [0.25, 0.3) is 0 Å². The maximum atomic E-state index is 12.3. The van der Waals surface area contributed by atoms with Gasteiger partial charge in [-0.2, -0.15) is 5.10 Å². The topological polar surface area (TPSA) is 93.1 Å². The third kappa shape index (κ3) is 3.43. The Labute approximate surface area is 134 Å². The van der Waals surface area contributed by atoms with E-state index in [4.69, 9.17) is 0 Å². The van der Waals surface area contributed by atoms with Crippen molar-refractivity contribution in [2.24, 2.45) is 7.05 Å². The van der Waals surface area contributed by atoms with Crippen molar-refractivity contribution in [3.63, 3.8) is 0 Å². The third-order valence-corrected chi connectivity index (χ3v) is 5.30. The zero-order valence-electron chi connectivity index (χ0n) is 12.9. The first kappa shape index (κ1) is 15.7. The molecule has 122 valence electrons. The third-order valence-electron chi connectivity index (χ3n) is 3.78. The normalized spacial score (nSPS) is 14.7. The molecular weight excluding hydrogens is 316 g/mol. The summed E-state index contributed by atoms with van der Waals surface area (Å²) in [5.41, 5.74) is 1.62. The number of benzene rings is 1. The summed E-state index contributed by atoms with van der Waals surface area (Å²) in [7, 11) is -1.79. The summed E-state index contributed by atoms with van der Waals surface area (Å²) in [6, 6.07) is 6.26. The lowest BCUT2D eigenvalue weighted by Gasteiger charge is -2.09. The minimum atomic E-state index is -3.54. The van der Waals surface area contributed by atoms with E-state index in [2.05, 4.69) is 15.1 Å². The molecule has 3 rings (SSSR count). The Kier molecular flexibility index (Phi) is 3.95. The minimum Gasteiger partial charge on any atom is -0.322 e. The number of carbonyl (C=O) groups excluding carboxylic acids is 1. The molecule has 1 saturated carbocycles.